The molecule has 1 rings (SSSR count). The van der Waals surface area contributed by atoms with Crippen LogP contribution < -0.4 is 5.32 Å². The lowest BCUT2D eigenvalue weighted by molar-refractivity contribution is -0.121. The highest BCUT2D eigenvalue weighted by Crippen LogP contribution is 2.11. The molecule has 15 heavy (non-hydrogen) atoms. The molecule has 1 amide bonds. The lowest BCUT2D eigenvalue weighted by Gasteiger charge is -2.03. The molecule has 0 unspecified atom stereocenters. The number of nitrogens with zero attached hydrogens (tertiary/aromatic N) is 1. The highest BCUT2D eigenvalue weighted by atomic mass is 16.5. The fraction of sp³-hybridized carbons (Fsp3) is 0.600. The van der Waals surface area contributed by atoms with Crippen LogP contribution in [0.2, 0.25) is 0 Å². The normalized spacial score (nSPS) is 10.3. The quantitative estimate of drug-likeness (QED) is 0.752. The van der Waals surface area contributed by atoms with Gasteiger partial charge in [0.2, 0.25) is 5.91 Å². The Hall–Kier alpha value is -1.36. The molecular weight excluding hydrogens is 196 g/mol. The predicted molar refractivity (Wildman–Crippen MR) is 54.1 cm³/mol. The van der Waals surface area contributed by atoms with Gasteiger partial charge in [0.05, 0.1) is 5.69 Å². The summed E-state index contributed by atoms with van der Waals surface area (Å²) < 4.78 is 4.97. The number of aliphatic hydroxyl groups is 1. The maximum absolute atomic E-state index is 11.2. The Labute approximate surface area is 88.5 Å². The Morgan fingerprint density at radius 2 is 2.27 bits per heavy atom. The number of hydrogen-bond donors (Lipinski definition) is 2. The molecule has 1 heterocycles. The lowest BCUT2D eigenvalue weighted by Crippen LogP contribution is -2.23. The second-order valence-corrected chi connectivity index (χ2v) is 3.41. The molecule has 0 atom stereocenters. The molecular formula is C10H16N2O3. The number of aromatic nitrogens is 1. The molecule has 0 aliphatic heterocycles. The summed E-state index contributed by atoms with van der Waals surface area (Å²) in [6.45, 7) is 4.13. The fourth-order valence-electron chi connectivity index (χ4n) is 1.27. The van der Waals surface area contributed by atoms with Crippen molar-refractivity contribution >= 4 is 5.91 Å². The van der Waals surface area contributed by atoms with Crippen molar-refractivity contribution in [2.24, 2.45) is 0 Å². The minimum atomic E-state index is -0.0657. The average Bonchev–Trinajstić information content (AvgIpc) is 2.53. The van der Waals surface area contributed by atoms with E-state index < -0.39 is 0 Å². The van der Waals surface area contributed by atoms with Crippen LogP contribution in [0.3, 0.4) is 0 Å². The van der Waals surface area contributed by atoms with Gasteiger partial charge < -0.3 is 14.9 Å². The van der Waals surface area contributed by atoms with Gasteiger partial charge in [-0.25, -0.2) is 0 Å². The number of aryl methyl sites for hydroxylation is 2. The molecule has 0 aromatic carbocycles. The summed E-state index contributed by atoms with van der Waals surface area (Å²) in [6.07, 6.45) is 0.841. The molecule has 0 spiro atoms. The van der Waals surface area contributed by atoms with Gasteiger partial charge in [-0.3, -0.25) is 4.79 Å². The van der Waals surface area contributed by atoms with Crippen molar-refractivity contribution < 1.29 is 14.4 Å². The second-order valence-electron chi connectivity index (χ2n) is 3.41. The van der Waals surface area contributed by atoms with E-state index in [2.05, 4.69) is 10.5 Å². The molecule has 5 nitrogen and oxygen atoms in total. The van der Waals surface area contributed by atoms with Gasteiger partial charge in [-0.05, 0) is 20.3 Å². The Morgan fingerprint density at radius 3 is 2.80 bits per heavy atom. The standard InChI is InChI=1S/C10H16N2O3/c1-7-9(8(2)15-12-7)6-11-10(14)4-3-5-13/h13H,3-6H2,1-2H3,(H,11,14). The maximum atomic E-state index is 11.2. The van der Waals surface area contributed by atoms with Crippen LogP contribution in [-0.2, 0) is 11.3 Å². The van der Waals surface area contributed by atoms with E-state index in [1.165, 1.54) is 0 Å². The number of nitrogens with one attached hydrogen (secondary N) is 1. The number of aliphatic hydroxyl groups excluding tert-OH is 1. The topological polar surface area (TPSA) is 75.4 Å². The van der Waals surface area contributed by atoms with E-state index in [0.717, 1.165) is 17.0 Å². The van der Waals surface area contributed by atoms with Gasteiger partial charge in [0.25, 0.3) is 0 Å². The third kappa shape index (κ3) is 3.36. The first kappa shape index (κ1) is 11.7. The zero-order chi connectivity index (χ0) is 11.3. The molecule has 5 heteroatoms. The maximum Gasteiger partial charge on any atom is 0.220 e. The summed E-state index contributed by atoms with van der Waals surface area (Å²) in [5, 5.41) is 15.1. The van der Waals surface area contributed by atoms with Gasteiger partial charge in [0, 0.05) is 25.1 Å². The molecule has 2 N–H and O–H groups in total. The Balaban J connectivity index is 2.40. The van der Waals surface area contributed by atoms with Crippen molar-refractivity contribution in [2.75, 3.05) is 6.61 Å². The van der Waals surface area contributed by atoms with Crippen molar-refractivity contribution in [1.82, 2.24) is 10.5 Å². The SMILES string of the molecule is Cc1noc(C)c1CNC(=O)CCCO. The van der Waals surface area contributed by atoms with Crippen LogP contribution in [0.5, 0.6) is 0 Å². The Morgan fingerprint density at radius 1 is 1.53 bits per heavy atom. The van der Waals surface area contributed by atoms with Crippen LogP contribution >= 0.6 is 0 Å². The highest BCUT2D eigenvalue weighted by Gasteiger charge is 2.09. The molecule has 1 aromatic heterocycles. The summed E-state index contributed by atoms with van der Waals surface area (Å²) >= 11 is 0. The molecule has 0 aliphatic rings. The zero-order valence-corrected chi connectivity index (χ0v) is 9.04. The number of carbonyl (C=O) groups excluding carboxylic acids is 1. The van der Waals surface area contributed by atoms with Crippen LogP contribution in [0.15, 0.2) is 4.52 Å². The summed E-state index contributed by atoms with van der Waals surface area (Å²) in [5.74, 6) is 0.666. The van der Waals surface area contributed by atoms with Crippen molar-refractivity contribution in [3.05, 3.63) is 17.0 Å². The van der Waals surface area contributed by atoms with E-state index in [1.54, 1.807) is 0 Å². The number of rotatable bonds is 5. The fourth-order valence-corrected chi connectivity index (χ4v) is 1.27. The van der Waals surface area contributed by atoms with E-state index in [-0.39, 0.29) is 12.5 Å². The van der Waals surface area contributed by atoms with Crippen molar-refractivity contribution in [3.8, 4) is 0 Å². The predicted octanol–water partition coefficient (Wildman–Crippen LogP) is 0.680. The summed E-state index contributed by atoms with van der Waals surface area (Å²) in [7, 11) is 0. The van der Waals surface area contributed by atoms with Gasteiger partial charge >= 0.3 is 0 Å². The Kier molecular flexibility index (Phi) is 4.30. The third-order valence-corrected chi connectivity index (χ3v) is 2.21. The van der Waals surface area contributed by atoms with E-state index in [4.69, 9.17) is 9.63 Å². The van der Waals surface area contributed by atoms with Crippen LogP contribution in [0, 0.1) is 13.8 Å². The zero-order valence-electron chi connectivity index (χ0n) is 9.04. The highest BCUT2D eigenvalue weighted by molar-refractivity contribution is 5.75. The molecule has 0 bridgehead atoms. The first-order valence-electron chi connectivity index (χ1n) is 4.94. The van der Waals surface area contributed by atoms with Gasteiger partial charge in [-0.1, -0.05) is 5.16 Å². The molecule has 0 aliphatic carbocycles. The summed E-state index contributed by atoms with van der Waals surface area (Å²) in [6, 6.07) is 0. The minimum Gasteiger partial charge on any atom is -0.396 e. The molecule has 0 saturated heterocycles. The molecule has 84 valence electrons. The first-order chi connectivity index (χ1) is 7.15. The third-order valence-electron chi connectivity index (χ3n) is 2.21. The average molecular weight is 212 g/mol. The largest absolute Gasteiger partial charge is 0.396 e. The number of hydrogen-bond acceptors (Lipinski definition) is 4. The van der Waals surface area contributed by atoms with E-state index in [9.17, 15) is 4.79 Å². The molecule has 0 radical (unpaired) electrons. The smallest absolute Gasteiger partial charge is 0.220 e. The first-order valence-corrected chi connectivity index (χ1v) is 4.94. The van der Waals surface area contributed by atoms with Crippen molar-refractivity contribution in [1.29, 1.82) is 0 Å². The molecule has 1 aromatic rings. The van der Waals surface area contributed by atoms with Crippen LogP contribution in [0.25, 0.3) is 0 Å². The van der Waals surface area contributed by atoms with E-state index in [0.29, 0.717) is 19.4 Å². The van der Waals surface area contributed by atoms with Gasteiger partial charge in [-0.15, -0.1) is 0 Å². The van der Waals surface area contributed by atoms with E-state index >= 15 is 0 Å². The number of carbonyl (C=O) groups is 1. The van der Waals surface area contributed by atoms with E-state index in [1.807, 2.05) is 13.8 Å². The van der Waals surface area contributed by atoms with Crippen LogP contribution in [0.1, 0.15) is 29.9 Å². The molecule has 0 fully saturated rings. The summed E-state index contributed by atoms with van der Waals surface area (Å²) in [4.78, 5) is 11.2. The Bertz CT molecular complexity index is 314. The van der Waals surface area contributed by atoms with Gasteiger partial charge in [-0.2, -0.15) is 0 Å². The monoisotopic (exact) mass is 212 g/mol. The van der Waals surface area contributed by atoms with Gasteiger partial charge in [0.1, 0.15) is 5.76 Å². The van der Waals surface area contributed by atoms with Crippen LogP contribution in [-0.4, -0.2) is 22.8 Å². The summed E-state index contributed by atoms with van der Waals surface area (Å²) in [5.41, 5.74) is 1.72. The number of amides is 1. The van der Waals surface area contributed by atoms with Crippen molar-refractivity contribution in [2.45, 2.75) is 33.2 Å². The minimum absolute atomic E-state index is 0.0404. The van der Waals surface area contributed by atoms with Crippen LogP contribution in [0.4, 0.5) is 0 Å². The molecule has 0 saturated carbocycles. The van der Waals surface area contributed by atoms with Gasteiger partial charge in [0.15, 0.2) is 0 Å². The lowest BCUT2D eigenvalue weighted by atomic mass is 10.2. The second kappa shape index (κ2) is 5.50. The van der Waals surface area contributed by atoms with Crippen molar-refractivity contribution in [3.63, 3.8) is 0 Å².